The number of halogens is 2. The fraction of sp³-hybridized carbons (Fsp3) is 0.694. The number of hydrogen-bond acceptors (Lipinski definition) is 32. The number of fused-ring (bicyclic) bond motifs is 8. The molecule has 4 unspecified atom stereocenters. The second-order valence-electron chi connectivity index (χ2n) is 32.2. The second-order valence-corrected chi connectivity index (χ2v) is 48.0. The maximum Gasteiger partial charge on any atom is 1.00 e. The van der Waals surface area contributed by atoms with E-state index in [2.05, 4.69) is 128 Å². The van der Waals surface area contributed by atoms with Crippen molar-refractivity contribution in [3.05, 3.63) is 93.6 Å². The average molecular weight is 1910 g/mol. The van der Waals surface area contributed by atoms with Gasteiger partial charge < -0.3 is 96.2 Å². The summed E-state index contributed by atoms with van der Waals surface area (Å²) >= 11 is 20.2. The maximum absolute atomic E-state index is 16.4. The Hall–Kier alpha value is -2.29. The molecular formula is C72H110F2N18Na2O20P4S4Si+2. The number of rotatable bonds is 16. The summed E-state index contributed by atoms with van der Waals surface area (Å²) in [4.78, 5) is 103. The predicted molar refractivity (Wildman–Crippen MR) is 454 cm³/mol. The molecule has 670 valence electrons. The molecular weight excluding hydrogens is 1800 g/mol. The van der Waals surface area contributed by atoms with Crippen LogP contribution in [0.5, 0.6) is 0 Å². The van der Waals surface area contributed by atoms with E-state index in [9.17, 15) is 33.9 Å². The average Bonchev–Trinajstić information content (AvgIpc) is 1.60. The van der Waals surface area contributed by atoms with Crippen LogP contribution in [0.25, 0.3) is 44.4 Å². The van der Waals surface area contributed by atoms with Crippen LogP contribution in [0.3, 0.4) is 0 Å². The minimum Gasteiger partial charge on any atom is -0.780 e. The van der Waals surface area contributed by atoms with Crippen LogP contribution in [0.4, 0.5) is 8.78 Å². The zero-order chi connectivity index (χ0) is 87.0. The van der Waals surface area contributed by atoms with Crippen molar-refractivity contribution in [2.75, 3.05) is 78.8 Å². The van der Waals surface area contributed by atoms with Gasteiger partial charge in [-0.2, -0.15) is 0 Å². The predicted octanol–water partition coefficient (Wildman–Crippen LogP) is -2.30. The summed E-state index contributed by atoms with van der Waals surface area (Å²) in [6.07, 6.45) is -3.63. The first-order chi connectivity index (χ1) is 57.5. The van der Waals surface area contributed by atoms with Gasteiger partial charge in [0.2, 0.25) is 0 Å². The van der Waals surface area contributed by atoms with Crippen LogP contribution in [0.1, 0.15) is 135 Å². The molecule has 16 rings (SSSR count). The quantitative estimate of drug-likeness (QED) is 0.0304. The summed E-state index contributed by atoms with van der Waals surface area (Å²) in [7, 11) is -2.65. The Morgan fingerprint density at radius 2 is 0.959 bits per heavy atom. The van der Waals surface area contributed by atoms with Crippen LogP contribution in [-0.2, 0) is 138 Å². The number of imidazole rings is 2. The van der Waals surface area contributed by atoms with Gasteiger partial charge in [0.05, 0.1) is 89.7 Å². The van der Waals surface area contributed by atoms with Crippen molar-refractivity contribution < 1.29 is 162 Å². The summed E-state index contributed by atoms with van der Waals surface area (Å²) in [6.45, 7) is 12.0. The molecule has 38 nitrogen and oxygen atoms in total. The van der Waals surface area contributed by atoms with Gasteiger partial charge in [0.1, 0.15) is 111 Å². The normalized spacial score (nSPS) is 31.8. The van der Waals surface area contributed by atoms with E-state index < -0.39 is 171 Å². The third-order valence-electron chi connectivity index (χ3n) is 23.7. The van der Waals surface area contributed by atoms with Crippen molar-refractivity contribution in [1.29, 1.82) is 0 Å². The first-order valence-electron chi connectivity index (χ1n) is 40.9. The number of nitrogens with zero attached hydrogens (tertiary/aromatic N) is 14. The Kier molecular flexibility index (Phi) is 35.2. The number of nitrogens with two attached hydrogens (primary N) is 2. The van der Waals surface area contributed by atoms with E-state index in [1.54, 1.807) is 14.4 Å². The number of hydrogen-bond donors (Lipinski definition) is 7. The molecule has 8 aliphatic rings. The molecule has 0 radical (unpaired) electrons. The molecule has 123 heavy (non-hydrogen) atoms. The molecule has 8 aromatic heterocycles. The smallest absolute Gasteiger partial charge is 0.780 e. The van der Waals surface area contributed by atoms with Crippen LogP contribution >= 0.6 is 39.2 Å². The number of aliphatic hydroxyl groups is 1. The molecule has 4 bridgehead atoms. The van der Waals surface area contributed by atoms with Crippen LogP contribution in [0, 0.1) is 0 Å². The Bertz CT molecular complexity index is 5270. The molecule has 2 aliphatic carbocycles. The van der Waals surface area contributed by atoms with Crippen molar-refractivity contribution >= 4 is 127 Å². The topological polar surface area (TPSA) is 451 Å². The summed E-state index contributed by atoms with van der Waals surface area (Å²) in [5, 5.41) is 13.1. The molecule has 6 saturated heterocycles. The number of aromatic nitrogens is 14. The van der Waals surface area contributed by atoms with Gasteiger partial charge in [0.15, 0.2) is 67.9 Å². The molecule has 0 saturated carbocycles. The van der Waals surface area contributed by atoms with Gasteiger partial charge in [-0.3, -0.25) is 41.4 Å². The molecule has 0 spiro atoms. The minimum absolute atomic E-state index is 0. The monoisotopic (exact) mass is 1910 g/mol. The van der Waals surface area contributed by atoms with Crippen molar-refractivity contribution in [2.24, 2.45) is 11.5 Å². The number of alkyl halides is 2. The van der Waals surface area contributed by atoms with E-state index in [-0.39, 0.29) is 113 Å². The summed E-state index contributed by atoms with van der Waals surface area (Å²) in [5.41, 5.74) is 15.3. The van der Waals surface area contributed by atoms with Gasteiger partial charge in [0, 0.05) is 49.3 Å². The Labute approximate surface area is 776 Å². The number of nitrogens with one attached hydrogen (secondary N) is 2. The van der Waals surface area contributed by atoms with E-state index in [4.69, 9.17) is 106 Å². The third-order valence-corrected chi connectivity index (χ3v) is 34.4. The summed E-state index contributed by atoms with van der Waals surface area (Å²) < 4.78 is 133. The van der Waals surface area contributed by atoms with Crippen LogP contribution < -0.4 is 101 Å². The first kappa shape index (κ1) is 101. The van der Waals surface area contributed by atoms with E-state index in [1.807, 2.05) is 17.0 Å². The Morgan fingerprint density at radius 3 is 1.41 bits per heavy atom. The first-order valence-corrected chi connectivity index (χ1v) is 54.3. The van der Waals surface area contributed by atoms with Gasteiger partial charge in [-0.05, 0) is 134 Å². The third kappa shape index (κ3) is 22.5. The maximum atomic E-state index is 16.4. The zero-order valence-corrected chi connectivity index (χ0v) is 83.2. The standard InChI is InChI=1S/C33H47FN8O10P2S2Si.C27H33FN8O10P2S2.2C6H15N.2Na/c1-33(2,3)57(4,5)52-27-25-21(49-32(27)41-12-18-8-6-7-9-19-22(18)28(41)37-15-36-19)14-47-54(45,56)51-26-23(34)20(13-46-53(44,55)50-25)48-31(26)42-17-38-24-29(42)39-16-40(11-10-35)30(24)43;28-18-15-8-41-47(39,49)45-21-16(44-26(20(21)37)35-7-13-3-1-2-4-14-17(13)23(35)31-10-30-14)9-42-48(40,50)46-22(18)27(43-15)36-12-32-19-24(36)33-11-34(6-5-29)25(19)38;2*1-4-7(5-2)6-3;;/h12,15-17,20-21,23,25-27,31-32H,6-11,13-14,35H2,1-5H3,(H,44,55)(H,45,56);7,10-12,15-16,18,20-22,26-27,37H,1-6,8-9,29H2,(H,39,49)(H,40,50);2*4-6H2,1-3H3;;/q;;;;2*+1/t20-,21-,23-,25-,26-,27-,31-,32-,53?,54?;15-,16-,18-,20-,21-,22-,26-,27-,47?,48?;;;;/m11..../s1. The molecule has 20 atom stereocenters. The largest absolute Gasteiger partial charge is 1.00 e. The molecule has 8 N–H and O–H groups in total. The zero-order valence-electron chi connectivity index (χ0n) is 71.3. The van der Waals surface area contributed by atoms with Crippen molar-refractivity contribution in [3.8, 4) is 0 Å². The Balaban J connectivity index is 0.000000205. The number of aliphatic hydroxyl groups excluding tert-OH is 1. The molecule has 6 aliphatic heterocycles. The fourth-order valence-electron chi connectivity index (χ4n) is 16.0. The number of thiol groups is 1. The van der Waals surface area contributed by atoms with Crippen molar-refractivity contribution in [1.82, 2.24) is 67.3 Å². The van der Waals surface area contributed by atoms with E-state index in [1.165, 1.54) is 95.5 Å². The van der Waals surface area contributed by atoms with Crippen molar-refractivity contribution in [3.63, 3.8) is 0 Å². The minimum atomic E-state index is -4.48. The second kappa shape index (κ2) is 42.7. The SMILES string of the molecule is CC(C)(C)[Si](C)(C)O[C@@H]1[C@@H]2OP([O-])(=S)OC[C@H]3O[C@@H](n4cnc5c(=O)n(CCN)cnc54)[C@H](OP(=O)(S)OC[C@H]2O[C@H]1n1cc2c4c(ncnc41)CCCC2)[C@@H]3F.CC[NH+](CC)CC.CC[NH+](CC)CC.NCCn1cnc2c(ncn2[C@@H]2O[C@@H]3COP([O-])(=S)O[C@H]4[C@@H](O)[C@H](n5cc6c7c(ncnc75)CCCC6)O[C@@H]4COP(O)(=S)O[C@@H]2[C@@H]3F)c1=O.[Na+].[Na+]. The van der Waals surface area contributed by atoms with E-state index in [0.29, 0.717) is 11.3 Å². The molecule has 0 aromatic carbocycles. The molecule has 14 heterocycles. The van der Waals surface area contributed by atoms with Crippen LogP contribution in [0.2, 0.25) is 18.1 Å². The summed E-state index contributed by atoms with van der Waals surface area (Å²) in [5.74, 6) is 0. The number of ether oxygens (including phenoxy) is 4. The van der Waals surface area contributed by atoms with Gasteiger partial charge in [-0.25, -0.2) is 53.2 Å². The molecule has 8 aromatic rings. The summed E-state index contributed by atoms with van der Waals surface area (Å²) in [6, 6.07) is 0. The number of quaternary nitrogens is 2. The molecule has 51 heteroatoms. The van der Waals surface area contributed by atoms with Gasteiger partial charge in [-0.1, -0.05) is 56.6 Å². The Morgan fingerprint density at radius 1 is 0.553 bits per heavy atom. The van der Waals surface area contributed by atoms with Gasteiger partial charge in [-0.15, -0.1) is 0 Å². The van der Waals surface area contributed by atoms with E-state index in [0.717, 1.165) is 84.7 Å². The van der Waals surface area contributed by atoms with E-state index >= 15 is 8.78 Å². The fourth-order valence-corrected chi connectivity index (χ4v) is 23.0. The van der Waals surface area contributed by atoms with Crippen LogP contribution in [-0.4, -0.2) is 238 Å². The number of aryl methyl sites for hydroxylation is 4. The van der Waals surface area contributed by atoms with Gasteiger partial charge >= 0.3 is 72.6 Å². The van der Waals surface area contributed by atoms with Crippen LogP contribution in [0.15, 0.2) is 59.9 Å². The molecule has 0 amide bonds. The van der Waals surface area contributed by atoms with Crippen molar-refractivity contribution in [2.45, 2.75) is 243 Å². The molecule has 6 fully saturated rings. The van der Waals surface area contributed by atoms with Gasteiger partial charge in [0.25, 0.3) is 11.1 Å².